The first-order chi connectivity index (χ1) is 13.7. The predicted octanol–water partition coefficient (Wildman–Crippen LogP) is 3.66. The molecule has 0 saturated heterocycles. The van der Waals surface area contributed by atoms with Crippen molar-refractivity contribution in [1.82, 2.24) is 0 Å². The minimum absolute atomic E-state index is 0.210. The number of amides is 2. The molecule has 152 valence electrons. The number of rotatable bonds is 5. The van der Waals surface area contributed by atoms with Gasteiger partial charge in [0.2, 0.25) is 5.91 Å². The van der Waals surface area contributed by atoms with Crippen molar-refractivity contribution in [2.75, 3.05) is 23.4 Å². The van der Waals surface area contributed by atoms with Crippen LogP contribution in [0.2, 0.25) is 5.02 Å². The first kappa shape index (κ1) is 20.7. The van der Waals surface area contributed by atoms with Crippen LogP contribution in [0, 0.1) is 0 Å². The van der Waals surface area contributed by atoms with Gasteiger partial charge >= 0.3 is 5.97 Å². The highest BCUT2D eigenvalue weighted by Gasteiger charge is 2.41. The monoisotopic (exact) mass is 416 g/mol. The fourth-order valence-corrected chi connectivity index (χ4v) is 3.11. The highest BCUT2D eigenvalue weighted by molar-refractivity contribution is 6.31. The standard InChI is InChI=1S/C21H21ClN2O5/c1-4-28-19(26)13-5-8-15(9-6-13)23-18(25)12-24-16-11-14(22)7-10-17(16)29-21(2,3)20(24)27/h5-11H,4,12H2,1-3H3,(H,23,25). The van der Waals surface area contributed by atoms with E-state index in [1.165, 1.54) is 4.90 Å². The van der Waals surface area contributed by atoms with E-state index >= 15 is 0 Å². The number of anilines is 2. The fraction of sp³-hybridized carbons (Fsp3) is 0.286. The number of hydrogen-bond acceptors (Lipinski definition) is 5. The van der Waals surface area contributed by atoms with E-state index in [-0.39, 0.29) is 19.1 Å². The maximum atomic E-state index is 12.8. The Morgan fingerprint density at radius 3 is 2.52 bits per heavy atom. The summed E-state index contributed by atoms with van der Waals surface area (Å²) in [5.74, 6) is -0.698. The van der Waals surface area contributed by atoms with Gasteiger partial charge in [-0.15, -0.1) is 0 Å². The van der Waals surface area contributed by atoms with E-state index in [2.05, 4.69) is 5.32 Å². The van der Waals surface area contributed by atoms with Gasteiger partial charge in [-0.25, -0.2) is 4.79 Å². The minimum Gasteiger partial charge on any atom is -0.476 e. The molecule has 0 fully saturated rings. The third-order valence-electron chi connectivity index (χ3n) is 4.32. The van der Waals surface area contributed by atoms with Crippen LogP contribution in [0.5, 0.6) is 5.75 Å². The Bertz CT molecular complexity index is 956. The summed E-state index contributed by atoms with van der Waals surface area (Å²) < 4.78 is 10.7. The van der Waals surface area contributed by atoms with E-state index in [1.807, 2.05) is 0 Å². The summed E-state index contributed by atoms with van der Waals surface area (Å²) in [5, 5.41) is 3.15. The molecule has 2 amide bonds. The molecule has 0 radical (unpaired) electrons. The Morgan fingerprint density at radius 2 is 1.86 bits per heavy atom. The number of ether oxygens (including phenoxy) is 2. The summed E-state index contributed by atoms with van der Waals surface area (Å²) in [4.78, 5) is 38.5. The summed E-state index contributed by atoms with van der Waals surface area (Å²) in [6, 6.07) is 11.2. The van der Waals surface area contributed by atoms with Crippen molar-refractivity contribution in [3.8, 4) is 5.75 Å². The van der Waals surface area contributed by atoms with Gasteiger partial charge in [-0.2, -0.15) is 0 Å². The van der Waals surface area contributed by atoms with Crippen LogP contribution in [-0.2, 0) is 14.3 Å². The van der Waals surface area contributed by atoms with Gasteiger partial charge in [-0.1, -0.05) is 11.6 Å². The average Bonchev–Trinajstić information content (AvgIpc) is 2.67. The number of hydrogen-bond donors (Lipinski definition) is 1. The Morgan fingerprint density at radius 1 is 1.17 bits per heavy atom. The second-order valence-corrected chi connectivity index (χ2v) is 7.40. The van der Waals surface area contributed by atoms with Gasteiger partial charge in [-0.05, 0) is 63.2 Å². The Kier molecular flexibility index (Phi) is 5.79. The molecule has 7 nitrogen and oxygen atoms in total. The van der Waals surface area contributed by atoms with Crippen LogP contribution in [0.25, 0.3) is 0 Å². The lowest BCUT2D eigenvalue weighted by Crippen LogP contribution is -2.54. The summed E-state index contributed by atoms with van der Waals surface area (Å²) >= 11 is 6.06. The van der Waals surface area contributed by atoms with E-state index in [1.54, 1.807) is 63.2 Å². The smallest absolute Gasteiger partial charge is 0.338 e. The number of nitrogens with one attached hydrogen (secondary N) is 1. The number of fused-ring (bicyclic) bond motifs is 1. The second-order valence-electron chi connectivity index (χ2n) is 6.96. The molecule has 0 saturated carbocycles. The molecule has 1 aliphatic rings. The molecular weight excluding hydrogens is 396 g/mol. The number of halogens is 1. The Hall–Kier alpha value is -3.06. The molecule has 1 heterocycles. The topological polar surface area (TPSA) is 84.9 Å². The molecule has 2 aromatic carbocycles. The van der Waals surface area contributed by atoms with Crippen molar-refractivity contribution in [1.29, 1.82) is 0 Å². The lowest BCUT2D eigenvalue weighted by molar-refractivity contribution is -0.133. The number of nitrogens with zero attached hydrogens (tertiary/aromatic N) is 1. The second kappa shape index (κ2) is 8.13. The molecule has 3 rings (SSSR count). The first-order valence-electron chi connectivity index (χ1n) is 9.09. The largest absolute Gasteiger partial charge is 0.476 e. The van der Waals surface area contributed by atoms with E-state index in [4.69, 9.17) is 21.1 Å². The van der Waals surface area contributed by atoms with Gasteiger partial charge in [0.1, 0.15) is 12.3 Å². The summed E-state index contributed by atoms with van der Waals surface area (Å²) in [5.41, 5.74) is 0.213. The first-order valence-corrected chi connectivity index (χ1v) is 9.46. The number of carbonyl (C=O) groups is 3. The Balaban J connectivity index is 1.75. The molecule has 0 atom stereocenters. The molecular formula is C21H21ClN2O5. The molecule has 1 aliphatic heterocycles. The number of esters is 1. The Labute approximate surface area is 173 Å². The van der Waals surface area contributed by atoms with Crippen LogP contribution in [0.3, 0.4) is 0 Å². The van der Waals surface area contributed by atoms with Crippen molar-refractivity contribution in [3.05, 3.63) is 53.1 Å². The zero-order valence-electron chi connectivity index (χ0n) is 16.3. The van der Waals surface area contributed by atoms with Gasteiger partial charge in [-0.3, -0.25) is 14.5 Å². The highest BCUT2D eigenvalue weighted by atomic mass is 35.5. The summed E-state index contributed by atoms with van der Waals surface area (Å²) in [7, 11) is 0. The third kappa shape index (κ3) is 4.51. The minimum atomic E-state index is -1.11. The van der Waals surface area contributed by atoms with Gasteiger partial charge in [0, 0.05) is 10.7 Å². The molecule has 2 aromatic rings. The van der Waals surface area contributed by atoms with Crippen molar-refractivity contribution < 1.29 is 23.9 Å². The maximum absolute atomic E-state index is 12.8. The van der Waals surface area contributed by atoms with E-state index in [9.17, 15) is 14.4 Å². The molecule has 29 heavy (non-hydrogen) atoms. The van der Waals surface area contributed by atoms with E-state index < -0.39 is 17.5 Å². The van der Waals surface area contributed by atoms with Crippen molar-refractivity contribution >= 4 is 40.8 Å². The molecule has 0 unspecified atom stereocenters. The van der Waals surface area contributed by atoms with E-state index in [0.29, 0.717) is 27.7 Å². The van der Waals surface area contributed by atoms with Crippen molar-refractivity contribution in [2.24, 2.45) is 0 Å². The van der Waals surface area contributed by atoms with Crippen LogP contribution in [0.15, 0.2) is 42.5 Å². The zero-order chi connectivity index (χ0) is 21.2. The molecule has 0 spiro atoms. The van der Waals surface area contributed by atoms with Gasteiger partial charge in [0.25, 0.3) is 5.91 Å². The fourth-order valence-electron chi connectivity index (χ4n) is 2.95. The van der Waals surface area contributed by atoms with Crippen LogP contribution in [-0.4, -0.2) is 36.5 Å². The highest BCUT2D eigenvalue weighted by Crippen LogP contribution is 2.39. The molecule has 0 aliphatic carbocycles. The normalized spacial score (nSPS) is 14.6. The van der Waals surface area contributed by atoms with Gasteiger partial charge in [0.15, 0.2) is 5.60 Å². The van der Waals surface area contributed by atoms with Crippen LogP contribution in [0.4, 0.5) is 11.4 Å². The quantitative estimate of drug-likeness (QED) is 0.752. The van der Waals surface area contributed by atoms with Gasteiger partial charge < -0.3 is 14.8 Å². The van der Waals surface area contributed by atoms with E-state index in [0.717, 1.165) is 0 Å². The molecule has 0 aromatic heterocycles. The summed E-state index contributed by atoms with van der Waals surface area (Å²) in [6.45, 7) is 5.09. The van der Waals surface area contributed by atoms with Crippen molar-refractivity contribution in [3.63, 3.8) is 0 Å². The van der Waals surface area contributed by atoms with Crippen LogP contribution >= 0.6 is 11.6 Å². The van der Waals surface area contributed by atoms with Gasteiger partial charge in [0.05, 0.1) is 17.9 Å². The van der Waals surface area contributed by atoms with Crippen LogP contribution < -0.4 is 15.0 Å². The zero-order valence-corrected chi connectivity index (χ0v) is 17.1. The SMILES string of the molecule is CCOC(=O)c1ccc(NC(=O)CN2C(=O)C(C)(C)Oc3ccc(Cl)cc32)cc1. The lowest BCUT2D eigenvalue weighted by atomic mass is 10.0. The molecule has 1 N–H and O–H groups in total. The van der Waals surface area contributed by atoms with Crippen molar-refractivity contribution in [2.45, 2.75) is 26.4 Å². The maximum Gasteiger partial charge on any atom is 0.338 e. The molecule has 0 bridgehead atoms. The average molecular weight is 417 g/mol. The predicted molar refractivity (Wildman–Crippen MR) is 110 cm³/mol. The molecule has 8 heteroatoms. The third-order valence-corrected chi connectivity index (χ3v) is 4.55. The van der Waals surface area contributed by atoms with Crippen LogP contribution in [0.1, 0.15) is 31.1 Å². The summed E-state index contributed by atoms with van der Waals surface area (Å²) in [6.07, 6.45) is 0. The number of carbonyl (C=O) groups excluding carboxylic acids is 3. The lowest BCUT2D eigenvalue weighted by Gasteiger charge is -2.38. The number of benzene rings is 2.